The van der Waals surface area contributed by atoms with Crippen molar-refractivity contribution in [1.82, 2.24) is 5.32 Å². The molecule has 1 amide bonds. The number of amides is 1. The first kappa shape index (κ1) is 15.6. The van der Waals surface area contributed by atoms with E-state index in [9.17, 15) is 14.0 Å². The maximum atomic E-state index is 13.1. The van der Waals surface area contributed by atoms with E-state index in [0.717, 1.165) is 5.56 Å². The molecule has 2 N–H and O–H groups in total. The van der Waals surface area contributed by atoms with Gasteiger partial charge in [0.15, 0.2) is 0 Å². The topological polar surface area (TPSA) is 75.6 Å². The van der Waals surface area contributed by atoms with E-state index in [1.165, 1.54) is 30.8 Å². The molecule has 0 spiro atoms. The number of hydrogen-bond donors (Lipinski definition) is 2. The van der Waals surface area contributed by atoms with Crippen LogP contribution >= 0.6 is 11.8 Å². The standard InChI is InChI=1S/C14H16FNO4S/c1-8(17)16-12(14(18)19)7-21-6-11-5-9-4-10(15)2-3-13(9)20-11/h2-4,11-12H,5-7H2,1H3,(H,16,17)(H,18,19). The van der Waals surface area contributed by atoms with Crippen molar-refractivity contribution >= 4 is 23.6 Å². The number of hydrogen-bond acceptors (Lipinski definition) is 4. The Bertz CT molecular complexity index is 552. The molecule has 1 aliphatic heterocycles. The summed E-state index contributed by atoms with van der Waals surface area (Å²) < 4.78 is 18.8. The summed E-state index contributed by atoms with van der Waals surface area (Å²) in [5, 5.41) is 11.4. The number of benzene rings is 1. The lowest BCUT2D eigenvalue weighted by atomic mass is 10.1. The number of carbonyl (C=O) groups excluding carboxylic acids is 1. The highest BCUT2D eigenvalue weighted by Crippen LogP contribution is 2.30. The SMILES string of the molecule is CC(=O)NC(CSCC1Cc2cc(F)ccc2O1)C(=O)O. The Morgan fingerprint density at radius 3 is 3.00 bits per heavy atom. The summed E-state index contributed by atoms with van der Waals surface area (Å²) in [5.41, 5.74) is 0.831. The summed E-state index contributed by atoms with van der Waals surface area (Å²) in [6, 6.07) is 3.50. The molecular weight excluding hydrogens is 297 g/mol. The maximum Gasteiger partial charge on any atom is 0.327 e. The molecule has 5 nitrogen and oxygen atoms in total. The van der Waals surface area contributed by atoms with E-state index in [-0.39, 0.29) is 23.6 Å². The molecule has 7 heteroatoms. The normalized spacial score (nSPS) is 17.7. The predicted molar refractivity (Wildman–Crippen MR) is 77.1 cm³/mol. The van der Waals surface area contributed by atoms with Gasteiger partial charge in [-0.25, -0.2) is 9.18 Å². The highest BCUT2D eigenvalue weighted by Gasteiger charge is 2.24. The van der Waals surface area contributed by atoms with Crippen LogP contribution in [0.3, 0.4) is 0 Å². The molecule has 1 aromatic rings. The van der Waals surface area contributed by atoms with Gasteiger partial charge >= 0.3 is 5.97 Å². The Hall–Kier alpha value is -1.76. The van der Waals surface area contributed by atoms with Gasteiger partial charge in [-0.05, 0) is 18.2 Å². The molecule has 0 saturated heterocycles. The number of carbonyl (C=O) groups is 2. The second-order valence-electron chi connectivity index (χ2n) is 4.82. The molecule has 1 aromatic carbocycles. The number of carboxylic acids is 1. The molecule has 0 radical (unpaired) electrons. The molecule has 2 unspecified atom stereocenters. The number of fused-ring (bicyclic) bond motifs is 1. The van der Waals surface area contributed by atoms with Gasteiger partial charge in [-0.1, -0.05) is 0 Å². The molecule has 0 aliphatic carbocycles. The number of halogens is 1. The van der Waals surface area contributed by atoms with Crippen LogP contribution < -0.4 is 10.1 Å². The van der Waals surface area contributed by atoms with E-state index in [1.54, 1.807) is 6.07 Å². The number of aliphatic carboxylic acids is 1. The predicted octanol–water partition coefficient (Wildman–Crippen LogP) is 1.45. The van der Waals surface area contributed by atoms with E-state index in [2.05, 4.69) is 5.32 Å². The minimum absolute atomic E-state index is 0.0985. The van der Waals surface area contributed by atoms with E-state index in [0.29, 0.717) is 17.9 Å². The average Bonchev–Trinajstić information content (AvgIpc) is 2.78. The number of carboxylic acid groups (broad SMARTS) is 1. The molecule has 0 aromatic heterocycles. The Morgan fingerprint density at radius 2 is 2.33 bits per heavy atom. The first-order valence-corrected chi connectivity index (χ1v) is 7.64. The number of rotatable bonds is 6. The van der Waals surface area contributed by atoms with E-state index < -0.39 is 12.0 Å². The van der Waals surface area contributed by atoms with Crippen molar-refractivity contribution in [2.45, 2.75) is 25.5 Å². The molecule has 21 heavy (non-hydrogen) atoms. The number of thioether (sulfide) groups is 1. The van der Waals surface area contributed by atoms with Crippen LogP contribution in [-0.2, 0) is 16.0 Å². The van der Waals surface area contributed by atoms with Gasteiger partial charge in [0.1, 0.15) is 23.7 Å². The Morgan fingerprint density at radius 1 is 1.57 bits per heavy atom. The monoisotopic (exact) mass is 313 g/mol. The zero-order chi connectivity index (χ0) is 15.4. The highest BCUT2D eigenvalue weighted by molar-refractivity contribution is 7.99. The molecular formula is C14H16FNO4S. The highest BCUT2D eigenvalue weighted by atomic mass is 32.2. The van der Waals surface area contributed by atoms with Crippen LogP contribution in [0.15, 0.2) is 18.2 Å². The van der Waals surface area contributed by atoms with Gasteiger partial charge in [-0.3, -0.25) is 4.79 Å². The van der Waals surface area contributed by atoms with Crippen molar-refractivity contribution in [2.75, 3.05) is 11.5 Å². The molecule has 1 heterocycles. The summed E-state index contributed by atoms with van der Waals surface area (Å²) in [5.74, 6) is -0.196. The van der Waals surface area contributed by atoms with Gasteiger partial charge < -0.3 is 15.2 Å². The average molecular weight is 313 g/mol. The van der Waals surface area contributed by atoms with Crippen molar-refractivity contribution in [3.63, 3.8) is 0 Å². The van der Waals surface area contributed by atoms with Gasteiger partial charge in [-0.2, -0.15) is 11.8 Å². The fourth-order valence-corrected chi connectivity index (χ4v) is 3.17. The summed E-state index contributed by atoms with van der Waals surface area (Å²) in [4.78, 5) is 21.9. The van der Waals surface area contributed by atoms with Crippen molar-refractivity contribution in [1.29, 1.82) is 0 Å². The quantitative estimate of drug-likeness (QED) is 0.831. The summed E-state index contributed by atoms with van der Waals surface area (Å²) >= 11 is 1.39. The van der Waals surface area contributed by atoms with Gasteiger partial charge in [-0.15, -0.1) is 0 Å². The van der Waals surface area contributed by atoms with Crippen LogP contribution in [-0.4, -0.2) is 40.6 Å². The van der Waals surface area contributed by atoms with Crippen LogP contribution in [0, 0.1) is 5.82 Å². The van der Waals surface area contributed by atoms with E-state index in [4.69, 9.17) is 9.84 Å². The van der Waals surface area contributed by atoms with Gasteiger partial charge in [0.2, 0.25) is 5.91 Å². The summed E-state index contributed by atoms with van der Waals surface area (Å²) in [7, 11) is 0. The number of nitrogens with one attached hydrogen (secondary N) is 1. The zero-order valence-electron chi connectivity index (χ0n) is 11.5. The molecule has 0 bridgehead atoms. The Kier molecular flexibility index (Phi) is 5.06. The lowest BCUT2D eigenvalue weighted by Crippen LogP contribution is -2.41. The van der Waals surface area contributed by atoms with Crippen molar-refractivity contribution in [3.8, 4) is 5.75 Å². The van der Waals surface area contributed by atoms with Gasteiger partial charge in [0.25, 0.3) is 0 Å². The molecule has 114 valence electrons. The van der Waals surface area contributed by atoms with Crippen molar-refractivity contribution in [2.24, 2.45) is 0 Å². The fourth-order valence-electron chi connectivity index (χ4n) is 2.12. The fraction of sp³-hybridized carbons (Fsp3) is 0.429. The Balaban J connectivity index is 1.80. The van der Waals surface area contributed by atoms with Crippen LogP contribution in [0.1, 0.15) is 12.5 Å². The molecule has 2 atom stereocenters. The van der Waals surface area contributed by atoms with E-state index >= 15 is 0 Å². The van der Waals surface area contributed by atoms with E-state index in [1.807, 2.05) is 0 Å². The van der Waals surface area contributed by atoms with Crippen LogP contribution in [0.25, 0.3) is 0 Å². The van der Waals surface area contributed by atoms with Crippen molar-refractivity contribution in [3.05, 3.63) is 29.6 Å². The summed E-state index contributed by atoms with van der Waals surface area (Å²) in [6.45, 7) is 1.28. The second kappa shape index (κ2) is 6.80. The third-order valence-electron chi connectivity index (χ3n) is 3.03. The van der Waals surface area contributed by atoms with Crippen LogP contribution in [0.4, 0.5) is 4.39 Å². The summed E-state index contributed by atoms with van der Waals surface area (Å²) in [6.07, 6.45) is 0.511. The smallest absolute Gasteiger partial charge is 0.327 e. The lowest BCUT2D eigenvalue weighted by Gasteiger charge is -2.14. The third kappa shape index (κ3) is 4.35. The lowest BCUT2D eigenvalue weighted by molar-refractivity contribution is -0.140. The first-order valence-electron chi connectivity index (χ1n) is 6.48. The Labute approximate surface area is 125 Å². The maximum absolute atomic E-state index is 13.1. The molecule has 0 saturated carbocycles. The largest absolute Gasteiger partial charge is 0.489 e. The molecule has 2 rings (SSSR count). The van der Waals surface area contributed by atoms with Gasteiger partial charge in [0.05, 0.1) is 0 Å². The second-order valence-corrected chi connectivity index (χ2v) is 5.90. The molecule has 1 aliphatic rings. The minimum Gasteiger partial charge on any atom is -0.489 e. The first-order chi connectivity index (χ1) is 9.95. The zero-order valence-corrected chi connectivity index (χ0v) is 12.3. The molecule has 0 fully saturated rings. The minimum atomic E-state index is -1.06. The van der Waals surface area contributed by atoms with Crippen LogP contribution in [0.2, 0.25) is 0 Å². The number of ether oxygens (including phenoxy) is 1. The van der Waals surface area contributed by atoms with Gasteiger partial charge in [0, 0.05) is 30.4 Å². The van der Waals surface area contributed by atoms with Crippen LogP contribution in [0.5, 0.6) is 5.75 Å². The third-order valence-corrected chi connectivity index (χ3v) is 4.20. The van der Waals surface area contributed by atoms with Crippen molar-refractivity contribution < 1.29 is 23.8 Å².